The van der Waals surface area contributed by atoms with E-state index in [1.165, 1.54) is 0 Å². The minimum atomic E-state index is -0.550. The Morgan fingerprint density at radius 1 is 1.25 bits per heavy atom. The van der Waals surface area contributed by atoms with E-state index in [1.54, 1.807) is 26.2 Å². The van der Waals surface area contributed by atoms with E-state index in [4.69, 9.17) is 15.2 Å². The van der Waals surface area contributed by atoms with E-state index in [1.807, 2.05) is 32.0 Å². The average molecular weight is 280 g/mol. The molecule has 2 N–H and O–H groups in total. The van der Waals surface area contributed by atoms with Gasteiger partial charge in [0.15, 0.2) is 11.5 Å². The highest BCUT2D eigenvalue weighted by Gasteiger charge is 2.28. The Kier molecular flexibility index (Phi) is 5.39. The standard InChI is InChI=1S/C15H24N2O3/c1-15(2,10-16)14(18)17(3)9-11-6-7-12(19-4)13(8-11)20-5/h6-8H,9-10,16H2,1-5H3. The smallest absolute Gasteiger partial charge is 0.229 e. The average Bonchev–Trinajstić information content (AvgIpc) is 2.46. The maximum absolute atomic E-state index is 12.3. The van der Waals surface area contributed by atoms with Crippen LogP contribution in [0.5, 0.6) is 11.5 Å². The van der Waals surface area contributed by atoms with Crippen molar-refractivity contribution in [1.82, 2.24) is 4.90 Å². The highest BCUT2D eigenvalue weighted by atomic mass is 16.5. The van der Waals surface area contributed by atoms with E-state index in [2.05, 4.69) is 0 Å². The monoisotopic (exact) mass is 280 g/mol. The molecule has 0 spiro atoms. The molecule has 0 radical (unpaired) electrons. The van der Waals surface area contributed by atoms with Crippen molar-refractivity contribution in [3.8, 4) is 11.5 Å². The molecule has 112 valence electrons. The second kappa shape index (κ2) is 6.61. The van der Waals surface area contributed by atoms with Gasteiger partial charge in [0.1, 0.15) is 0 Å². The summed E-state index contributed by atoms with van der Waals surface area (Å²) in [4.78, 5) is 13.9. The maximum Gasteiger partial charge on any atom is 0.229 e. The zero-order chi connectivity index (χ0) is 15.3. The third-order valence-corrected chi connectivity index (χ3v) is 3.30. The van der Waals surface area contributed by atoms with E-state index in [0.717, 1.165) is 5.56 Å². The van der Waals surface area contributed by atoms with Crippen LogP contribution in [0.2, 0.25) is 0 Å². The maximum atomic E-state index is 12.3. The molecule has 0 fully saturated rings. The fourth-order valence-corrected chi connectivity index (χ4v) is 1.93. The molecule has 0 aliphatic rings. The van der Waals surface area contributed by atoms with Crippen molar-refractivity contribution < 1.29 is 14.3 Å². The lowest BCUT2D eigenvalue weighted by Gasteiger charge is -2.28. The zero-order valence-corrected chi connectivity index (χ0v) is 12.9. The molecule has 5 heteroatoms. The van der Waals surface area contributed by atoms with E-state index >= 15 is 0 Å². The summed E-state index contributed by atoms with van der Waals surface area (Å²) in [5.74, 6) is 1.35. The number of ether oxygens (including phenoxy) is 2. The molecule has 0 bridgehead atoms. The predicted molar refractivity (Wildman–Crippen MR) is 78.9 cm³/mol. The summed E-state index contributed by atoms with van der Waals surface area (Å²) in [5, 5.41) is 0. The molecule has 0 heterocycles. The second-order valence-corrected chi connectivity index (χ2v) is 5.44. The van der Waals surface area contributed by atoms with Crippen LogP contribution in [0.1, 0.15) is 19.4 Å². The number of benzene rings is 1. The van der Waals surface area contributed by atoms with Crippen LogP contribution in [0.3, 0.4) is 0 Å². The summed E-state index contributed by atoms with van der Waals surface area (Å²) in [7, 11) is 4.96. The topological polar surface area (TPSA) is 64.8 Å². The van der Waals surface area contributed by atoms with Gasteiger partial charge in [-0.05, 0) is 31.5 Å². The Morgan fingerprint density at radius 2 is 1.85 bits per heavy atom. The molecular weight excluding hydrogens is 256 g/mol. The van der Waals surface area contributed by atoms with Gasteiger partial charge in [-0.25, -0.2) is 0 Å². The van der Waals surface area contributed by atoms with Gasteiger partial charge in [0.05, 0.1) is 19.6 Å². The van der Waals surface area contributed by atoms with Crippen molar-refractivity contribution in [2.24, 2.45) is 11.1 Å². The number of hydrogen-bond acceptors (Lipinski definition) is 4. The van der Waals surface area contributed by atoms with Crippen LogP contribution < -0.4 is 15.2 Å². The molecule has 0 unspecified atom stereocenters. The molecule has 1 aromatic rings. The SMILES string of the molecule is COc1ccc(CN(C)C(=O)C(C)(C)CN)cc1OC. The molecule has 0 aliphatic carbocycles. The molecule has 1 aromatic carbocycles. The van der Waals surface area contributed by atoms with Gasteiger partial charge in [0.2, 0.25) is 5.91 Å². The molecule has 0 aromatic heterocycles. The summed E-state index contributed by atoms with van der Waals surface area (Å²) in [6.07, 6.45) is 0. The Balaban J connectivity index is 2.86. The minimum Gasteiger partial charge on any atom is -0.493 e. The quantitative estimate of drug-likeness (QED) is 0.860. The number of hydrogen-bond donors (Lipinski definition) is 1. The fraction of sp³-hybridized carbons (Fsp3) is 0.533. The first kappa shape index (κ1) is 16.3. The van der Waals surface area contributed by atoms with E-state index < -0.39 is 5.41 Å². The molecular formula is C15H24N2O3. The third kappa shape index (κ3) is 3.63. The fourth-order valence-electron chi connectivity index (χ4n) is 1.93. The van der Waals surface area contributed by atoms with Crippen molar-refractivity contribution in [3.63, 3.8) is 0 Å². The van der Waals surface area contributed by atoms with Crippen LogP contribution in [0.25, 0.3) is 0 Å². The summed E-state index contributed by atoms with van der Waals surface area (Å²) in [5.41, 5.74) is 6.07. The van der Waals surface area contributed by atoms with Gasteiger partial charge in [0.25, 0.3) is 0 Å². The van der Waals surface area contributed by atoms with Gasteiger partial charge < -0.3 is 20.1 Å². The Bertz CT molecular complexity index is 472. The first-order chi connectivity index (χ1) is 9.35. The van der Waals surface area contributed by atoms with Crippen LogP contribution in [0.15, 0.2) is 18.2 Å². The summed E-state index contributed by atoms with van der Waals surface area (Å²) >= 11 is 0. The predicted octanol–water partition coefficient (Wildman–Crippen LogP) is 1.65. The van der Waals surface area contributed by atoms with E-state index in [0.29, 0.717) is 24.6 Å². The Labute approximate surface area is 120 Å². The number of rotatable bonds is 6. The van der Waals surface area contributed by atoms with Crippen LogP contribution in [-0.2, 0) is 11.3 Å². The van der Waals surface area contributed by atoms with Crippen LogP contribution in [-0.4, -0.2) is 38.6 Å². The van der Waals surface area contributed by atoms with Crippen molar-refractivity contribution in [2.75, 3.05) is 27.8 Å². The first-order valence-electron chi connectivity index (χ1n) is 6.52. The number of amides is 1. The van der Waals surface area contributed by atoms with Crippen molar-refractivity contribution in [3.05, 3.63) is 23.8 Å². The molecule has 1 amide bonds. The molecule has 0 atom stereocenters. The van der Waals surface area contributed by atoms with Crippen LogP contribution in [0.4, 0.5) is 0 Å². The number of nitrogens with zero attached hydrogens (tertiary/aromatic N) is 1. The van der Waals surface area contributed by atoms with E-state index in [9.17, 15) is 4.79 Å². The second-order valence-electron chi connectivity index (χ2n) is 5.44. The molecule has 20 heavy (non-hydrogen) atoms. The minimum absolute atomic E-state index is 0.0229. The summed E-state index contributed by atoms with van der Waals surface area (Å²) in [6, 6.07) is 5.62. The highest BCUT2D eigenvalue weighted by molar-refractivity contribution is 5.82. The highest BCUT2D eigenvalue weighted by Crippen LogP contribution is 2.28. The number of carbonyl (C=O) groups is 1. The van der Waals surface area contributed by atoms with Crippen molar-refractivity contribution in [1.29, 1.82) is 0 Å². The Hall–Kier alpha value is -1.75. The lowest BCUT2D eigenvalue weighted by Crippen LogP contribution is -2.42. The van der Waals surface area contributed by atoms with E-state index in [-0.39, 0.29) is 5.91 Å². The van der Waals surface area contributed by atoms with Gasteiger partial charge in [-0.2, -0.15) is 0 Å². The lowest BCUT2D eigenvalue weighted by atomic mass is 9.92. The van der Waals surface area contributed by atoms with Gasteiger partial charge in [-0.15, -0.1) is 0 Å². The number of nitrogens with two attached hydrogens (primary N) is 1. The summed E-state index contributed by atoms with van der Waals surface area (Å²) in [6.45, 7) is 4.52. The largest absolute Gasteiger partial charge is 0.493 e. The molecule has 0 aliphatic heterocycles. The molecule has 0 saturated heterocycles. The van der Waals surface area contributed by atoms with Crippen molar-refractivity contribution in [2.45, 2.75) is 20.4 Å². The third-order valence-electron chi connectivity index (χ3n) is 3.30. The zero-order valence-electron chi connectivity index (χ0n) is 12.9. The van der Waals surface area contributed by atoms with Gasteiger partial charge in [-0.3, -0.25) is 4.79 Å². The number of methoxy groups -OCH3 is 2. The molecule has 5 nitrogen and oxygen atoms in total. The molecule has 0 saturated carbocycles. The normalized spacial score (nSPS) is 11.1. The van der Waals surface area contributed by atoms with Crippen molar-refractivity contribution >= 4 is 5.91 Å². The Morgan fingerprint density at radius 3 is 2.35 bits per heavy atom. The van der Waals surface area contributed by atoms with Gasteiger partial charge in [-0.1, -0.05) is 6.07 Å². The van der Waals surface area contributed by atoms with Crippen LogP contribution in [0, 0.1) is 5.41 Å². The van der Waals surface area contributed by atoms with Gasteiger partial charge in [0, 0.05) is 20.1 Å². The summed E-state index contributed by atoms with van der Waals surface area (Å²) < 4.78 is 10.5. The lowest BCUT2D eigenvalue weighted by molar-refractivity contribution is -0.139. The van der Waals surface area contributed by atoms with Gasteiger partial charge >= 0.3 is 0 Å². The first-order valence-corrected chi connectivity index (χ1v) is 6.52. The molecule has 1 rings (SSSR count). The van der Waals surface area contributed by atoms with Crippen LogP contribution >= 0.6 is 0 Å². The number of carbonyl (C=O) groups excluding carboxylic acids is 1.